The molecule has 2 aromatic rings. The molecule has 0 saturated heterocycles. The summed E-state index contributed by atoms with van der Waals surface area (Å²) in [6.07, 6.45) is 9.98. The number of rotatable bonds is 6. The van der Waals surface area contributed by atoms with Crippen molar-refractivity contribution in [1.29, 1.82) is 0 Å². The van der Waals surface area contributed by atoms with E-state index < -0.39 is 0 Å². The molecule has 0 amide bonds. The summed E-state index contributed by atoms with van der Waals surface area (Å²) in [6, 6.07) is 6.71. The molecular weight excluding hydrogens is 365 g/mol. The van der Waals surface area contributed by atoms with E-state index in [-0.39, 0.29) is 24.1 Å². The number of anilines is 1. The van der Waals surface area contributed by atoms with E-state index in [0.717, 1.165) is 61.0 Å². The molecule has 1 aromatic carbocycles. The first-order valence-corrected chi connectivity index (χ1v) is 10.5. The molecule has 3 N–H and O–H groups in total. The summed E-state index contributed by atoms with van der Waals surface area (Å²) in [4.78, 5) is 17.8. The van der Waals surface area contributed by atoms with Crippen LogP contribution in [0.2, 0.25) is 0 Å². The molecule has 4 nitrogen and oxygen atoms in total. The normalized spacial score (nSPS) is 20.9. The Morgan fingerprint density at radius 1 is 1.21 bits per heavy atom. The minimum absolute atomic E-state index is 0.000248. The average molecular weight is 394 g/mol. The first-order valence-electron chi connectivity index (χ1n) is 10.5. The maximum atomic E-state index is 13.2. The lowest BCUT2D eigenvalue weighted by atomic mass is 9.91. The molecule has 0 unspecified atom stereocenters. The van der Waals surface area contributed by atoms with Gasteiger partial charge in [-0.05, 0) is 49.8 Å². The van der Waals surface area contributed by atoms with Gasteiger partial charge in [-0.1, -0.05) is 30.7 Å². The number of pyridine rings is 1. The van der Waals surface area contributed by atoms with Gasteiger partial charge in [0, 0.05) is 36.7 Å². The maximum Gasteiger partial charge on any atom is 0.170 e. The summed E-state index contributed by atoms with van der Waals surface area (Å²) in [6.45, 7) is 2.15. The Kier molecular flexibility index (Phi) is 5.76. The Morgan fingerprint density at radius 3 is 2.62 bits per heavy atom. The van der Waals surface area contributed by atoms with E-state index in [1.165, 1.54) is 17.7 Å². The highest BCUT2D eigenvalue weighted by Crippen LogP contribution is 2.35. The van der Waals surface area contributed by atoms with Gasteiger partial charge in [0.25, 0.3) is 0 Å². The van der Waals surface area contributed by atoms with Crippen LogP contribution in [-0.2, 0) is 12.8 Å². The fraction of sp³-hybridized carbons (Fsp3) is 0.417. The van der Waals surface area contributed by atoms with E-state index in [2.05, 4.69) is 23.3 Å². The smallest absolute Gasteiger partial charge is 0.170 e. The molecule has 2 aliphatic rings. The highest BCUT2D eigenvalue weighted by Gasteiger charge is 2.26. The number of carbonyl (C=O) groups is 1. The molecule has 152 valence electrons. The number of nitrogens with two attached hydrogens (primary N) is 1. The summed E-state index contributed by atoms with van der Waals surface area (Å²) in [5.41, 5.74) is 11.8. The summed E-state index contributed by atoms with van der Waals surface area (Å²) in [7, 11) is 0. The van der Waals surface area contributed by atoms with Crippen LogP contribution in [0.5, 0.6) is 0 Å². The summed E-state index contributed by atoms with van der Waals surface area (Å²) in [5.74, 6) is -0.296. The Labute approximate surface area is 171 Å². The van der Waals surface area contributed by atoms with Crippen LogP contribution in [0.15, 0.2) is 36.0 Å². The summed E-state index contributed by atoms with van der Waals surface area (Å²) >= 11 is 0. The summed E-state index contributed by atoms with van der Waals surface area (Å²) < 4.78 is 13.2. The van der Waals surface area contributed by atoms with Crippen molar-refractivity contribution in [3.63, 3.8) is 0 Å². The maximum absolute atomic E-state index is 13.2. The topological polar surface area (TPSA) is 68.0 Å². The Bertz CT molecular complexity index is 928. The molecule has 1 saturated carbocycles. The molecule has 1 aromatic heterocycles. The molecule has 5 heteroatoms. The SMILES string of the molecule is CCC1=Cc2c(ncc(C(=O)Cc3ccc(F)cc3)c2NC2CCC(N)CC2)C1. The van der Waals surface area contributed by atoms with E-state index in [0.29, 0.717) is 11.6 Å². The lowest BCUT2D eigenvalue weighted by Crippen LogP contribution is -2.33. The Balaban J connectivity index is 1.64. The van der Waals surface area contributed by atoms with Crippen molar-refractivity contribution in [2.45, 2.75) is 64.0 Å². The minimum atomic E-state index is -0.296. The van der Waals surface area contributed by atoms with Gasteiger partial charge in [0.15, 0.2) is 5.78 Å². The van der Waals surface area contributed by atoms with E-state index >= 15 is 0 Å². The fourth-order valence-electron chi connectivity index (χ4n) is 4.28. The zero-order chi connectivity index (χ0) is 20.4. The first kappa shape index (κ1) is 19.8. The number of halogens is 1. The number of nitrogens with one attached hydrogen (secondary N) is 1. The van der Waals surface area contributed by atoms with Gasteiger partial charge >= 0.3 is 0 Å². The van der Waals surface area contributed by atoms with Gasteiger partial charge in [0.05, 0.1) is 16.9 Å². The van der Waals surface area contributed by atoms with E-state index in [1.54, 1.807) is 18.3 Å². The zero-order valence-corrected chi connectivity index (χ0v) is 16.9. The predicted molar refractivity (Wildman–Crippen MR) is 114 cm³/mol. The van der Waals surface area contributed by atoms with Gasteiger partial charge < -0.3 is 11.1 Å². The van der Waals surface area contributed by atoms with Crippen molar-refractivity contribution in [2.75, 3.05) is 5.32 Å². The van der Waals surface area contributed by atoms with Gasteiger partial charge in [0.1, 0.15) is 5.82 Å². The first-order chi connectivity index (χ1) is 14.0. The van der Waals surface area contributed by atoms with Gasteiger partial charge in [-0.25, -0.2) is 4.39 Å². The van der Waals surface area contributed by atoms with Gasteiger partial charge in [0.2, 0.25) is 0 Å². The molecule has 0 spiro atoms. The molecule has 0 radical (unpaired) electrons. The molecule has 29 heavy (non-hydrogen) atoms. The minimum Gasteiger partial charge on any atom is -0.381 e. The fourth-order valence-corrected chi connectivity index (χ4v) is 4.28. The van der Waals surface area contributed by atoms with Crippen molar-refractivity contribution in [3.05, 3.63) is 64.2 Å². The number of allylic oxidation sites excluding steroid dienone is 1. The highest BCUT2D eigenvalue weighted by atomic mass is 19.1. The third kappa shape index (κ3) is 4.40. The second kappa shape index (κ2) is 8.46. The van der Waals surface area contributed by atoms with E-state index in [1.807, 2.05) is 0 Å². The predicted octanol–water partition coefficient (Wildman–Crippen LogP) is 4.68. The third-order valence-corrected chi connectivity index (χ3v) is 6.09. The lowest BCUT2D eigenvalue weighted by Gasteiger charge is -2.29. The molecule has 2 aliphatic carbocycles. The van der Waals surface area contributed by atoms with Crippen molar-refractivity contribution >= 4 is 17.5 Å². The van der Waals surface area contributed by atoms with Crippen LogP contribution < -0.4 is 11.1 Å². The highest BCUT2D eigenvalue weighted by molar-refractivity contribution is 6.04. The number of hydrogen-bond donors (Lipinski definition) is 2. The largest absolute Gasteiger partial charge is 0.381 e. The van der Waals surface area contributed by atoms with Crippen LogP contribution in [0.4, 0.5) is 10.1 Å². The molecule has 0 atom stereocenters. The van der Waals surface area contributed by atoms with Crippen molar-refractivity contribution < 1.29 is 9.18 Å². The van der Waals surface area contributed by atoms with Crippen molar-refractivity contribution in [3.8, 4) is 0 Å². The average Bonchev–Trinajstić information content (AvgIpc) is 3.15. The molecule has 0 aliphatic heterocycles. The second-order valence-corrected chi connectivity index (χ2v) is 8.22. The number of fused-ring (bicyclic) bond motifs is 1. The number of nitrogens with zero attached hydrogens (tertiary/aromatic N) is 1. The van der Waals surface area contributed by atoms with Crippen LogP contribution in [0, 0.1) is 5.82 Å². The molecule has 1 fully saturated rings. The number of benzene rings is 1. The van der Waals surface area contributed by atoms with Crippen LogP contribution in [-0.4, -0.2) is 22.9 Å². The molecule has 4 rings (SSSR count). The Morgan fingerprint density at radius 2 is 1.93 bits per heavy atom. The van der Waals surface area contributed by atoms with Crippen LogP contribution in [0.3, 0.4) is 0 Å². The second-order valence-electron chi connectivity index (χ2n) is 8.22. The summed E-state index contributed by atoms with van der Waals surface area (Å²) in [5, 5.41) is 3.67. The number of hydrogen-bond acceptors (Lipinski definition) is 4. The van der Waals surface area contributed by atoms with Gasteiger partial charge in [-0.3, -0.25) is 9.78 Å². The van der Waals surface area contributed by atoms with Crippen LogP contribution in [0.25, 0.3) is 6.08 Å². The van der Waals surface area contributed by atoms with Crippen LogP contribution in [0.1, 0.15) is 66.2 Å². The van der Waals surface area contributed by atoms with Crippen molar-refractivity contribution in [1.82, 2.24) is 4.98 Å². The number of ketones is 1. The zero-order valence-electron chi connectivity index (χ0n) is 16.9. The van der Waals surface area contributed by atoms with Crippen molar-refractivity contribution in [2.24, 2.45) is 5.73 Å². The van der Waals surface area contributed by atoms with E-state index in [4.69, 9.17) is 5.73 Å². The van der Waals surface area contributed by atoms with Gasteiger partial charge in [-0.15, -0.1) is 0 Å². The molecule has 0 bridgehead atoms. The standard InChI is InChI=1S/C24H28FN3O/c1-2-15-11-20-22(12-15)27-14-21(23(29)13-16-3-5-17(25)6-4-16)24(20)28-19-9-7-18(26)8-10-19/h3-6,11,14,18-19H,2,7-10,12-13,26H2,1H3,(H,27,28). The quantitative estimate of drug-likeness (QED) is 0.700. The van der Waals surface area contributed by atoms with E-state index in [9.17, 15) is 9.18 Å². The Hall–Kier alpha value is -2.53. The number of carbonyl (C=O) groups excluding carboxylic acids is 1. The third-order valence-electron chi connectivity index (χ3n) is 6.09. The lowest BCUT2D eigenvalue weighted by molar-refractivity contribution is 0.0993. The number of aromatic nitrogens is 1. The van der Waals surface area contributed by atoms with Crippen LogP contribution >= 0.6 is 0 Å². The monoisotopic (exact) mass is 393 g/mol. The molecular formula is C24H28FN3O. The number of Topliss-reactive ketones (excluding diaryl/α,β-unsaturated/α-hetero) is 1. The van der Waals surface area contributed by atoms with Gasteiger partial charge in [-0.2, -0.15) is 0 Å². The molecule has 1 heterocycles.